The minimum Gasteiger partial charge on any atom is -0.417 e. The Bertz CT molecular complexity index is 911. The number of aryl methyl sites for hydroxylation is 1. The predicted molar refractivity (Wildman–Crippen MR) is 112 cm³/mol. The quantitative estimate of drug-likeness (QED) is 0.491. The molecule has 0 radical (unpaired) electrons. The van der Waals surface area contributed by atoms with Crippen molar-refractivity contribution in [3.63, 3.8) is 0 Å². The molecular weight excluding hydrogens is 340 g/mol. The monoisotopic (exact) mass is 370 g/mol. The van der Waals surface area contributed by atoms with Gasteiger partial charge in [0, 0.05) is 18.5 Å². The number of hydrogen-bond donors (Lipinski definition) is 1. The van der Waals surface area contributed by atoms with Crippen LogP contribution in [-0.4, -0.2) is 29.5 Å². The van der Waals surface area contributed by atoms with E-state index >= 15 is 0 Å². The summed E-state index contributed by atoms with van der Waals surface area (Å²) < 4.78 is 8.47. The van der Waals surface area contributed by atoms with Crippen LogP contribution in [0.15, 0.2) is 30.6 Å². The molecule has 1 aromatic carbocycles. The normalized spacial score (nSPS) is 13.0. The van der Waals surface area contributed by atoms with Crippen molar-refractivity contribution in [3.8, 4) is 0 Å². The Morgan fingerprint density at radius 2 is 1.88 bits per heavy atom. The molecule has 0 aliphatic rings. The van der Waals surface area contributed by atoms with Crippen LogP contribution < -0.4 is 5.73 Å². The molecule has 0 fully saturated rings. The van der Waals surface area contributed by atoms with Crippen molar-refractivity contribution >= 4 is 36.1 Å². The summed E-state index contributed by atoms with van der Waals surface area (Å²) in [6.07, 6.45) is 3.98. The molecule has 3 rings (SSSR count). The van der Waals surface area contributed by atoms with E-state index in [0.29, 0.717) is 5.82 Å². The molecule has 0 amide bonds. The van der Waals surface area contributed by atoms with Crippen molar-refractivity contribution in [2.75, 3.05) is 12.3 Å². The zero-order valence-electron chi connectivity index (χ0n) is 16.5. The average molecular weight is 371 g/mol. The van der Waals surface area contributed by atoms with Crippen LogP contribution >= 0.6 is 0 Å². The molecule has 5 nitrogen and oxygen atoms in total. The first kappa shape index (κ1) is 18.9. The van der Waals surface area contributed by atoms with Gasteiger partial charge in [0.15, 0.2) is 14.1 Å². The molecule has 0 saturated heterocycles. The number of nitrogens with zero attached hydrogens (tertiary/aromatic N) is 3. The fourth-order valence-electron chi connectivity index (χ4n) is 2.90. The lowest BCUT2D eigenvalue weighted by Crippen LogP contribution is -2.40. The van der Waals surface area contributed by atoms with E-state index in [9.17, 15) is 0 Å². The van der Waals surface area contributed by atoms with E-state index in [-0.39, 0.29) is 5.04 Å². The van der Waals surface area contributed by atoms with Crippen molar-refractivity contribution in [1.29, 1.82) is 0 Å². The second-order valence-corrected chi connectivity index (χ2v) is 13.3. The lowest BCUT2D eigenvalue weighted by Gasteiger charge is -2.36. The highest BCUT2D eigenvalue weighted by Crippen LogP contribution is 2.36. The second kappa shape index (κ2) is 7.00. The maximum absolute atomic E-state index is 6.27. The zero-order valence-corrected chi connectivity index (χ0v) is 17.5. The van der Waals surface area contributed by atoms with Crippen molar-refractivity contribution in [3.05, 3.63) is 30.6 Å². The number of nitrogen functional groups attached to an aromatic ring is 1. The number of pyridine rings is 1. The number of nitrogens with two attached hydrogens (primary N) is 1. The summed E-state index contributed by atoms with van der Waals surface area (Å²) >= 11 is 0. The van der Waals surface area contributed by atoms with Gasteiger partial charge in [-0.1, -0.05) is 39.0 Å². The number of imidazole rings is 1. The van der Waals surface area contributed by atoms with Gasteiger partial charge in [0.1, 0.15) is 5.52 Å². The first-order valence-electron chi connectivity index (χ1n) is 9.34. The van der Waals surface area contributed by atoms with Gasteiger partial charge in [-0.3, -0.25) is 0 Å². The molecule has 0 aliphatic heterocycles. The van der Waals surface area contributed by atoms with Gasteiger partial charge in [-0.15, -0.1) is 0 Å². The van der Waals surface area contributed by atoms with E-state index < -0.39 is 8.32 Å². The third-order valence-electron chi connectivity index (χ3n) is 5.54. The highest BCUT2D eigenvalue weighted by Gasteiger charge is 2.36. The molecule has 0 saturated carbocycles. The Hall–Kier alpha value is -1.92. The third-order valence-corrected chi connectivity index (χ3v) is 10.1. The minimum atomic E-state index is -1.65. The SMILES string of the molecule is CC(C)(C)[Si](C)(C)OCCCCn1cnc2c(N)nc3ccccc3c21. The summed E-state index contributed by atoms with van der Waals surface area (Å²) in [4.78, 5) is 8.95. The van der Waals surface area contributed by atoms with E-state index in [0.717, 1.165) is 47.9 Å². The molecule has 0 bridgehead atoms. The van der Waals surface area contributed by atoms with E-state index in [2.05, 4.69) is 54.5 Å². The van der Waals surface area contributed by atoms with Crippen LogP contribution in [-0.2, 0) is 11.0 Å². The van der Waals surface area contributed by atoms with Crippen molar-refractivity contribution in [1.82, 2.24) is 14.5 Å². The molecular formula is C20H30N4OSi. The Morgan fingerprint density at radius 1 is 1.15 bits per heavy atom. The number of benzene rings is 1. The molecule has 26 heavy (non-hydrogen) atoms. The summed E-state index contributed by atoms with van der Waals surface area (Å²) in [7, 11) is -1.65. The third kappa shape index (κ3) is 3.62. The zero-order chi connectivity index (χ0) is 18.9. The standard InChI is InChI=1S/C20H30N4OSi/c1-20(2,3)26(4,5)25-13-9-8-12-24-14-22-17-18(24)15-10-6-7-11-16(15)23-19(17)21/h6-7,10-11,14H,8-9,12-13H2,1-5H3,(H2,21,23). The number of hydrogen-bond acceptors (Lipinski definition) is 4. The summed E-state index contributed by atoms with van der Waals surface area (Å²) in [5, 5.41) is 1.36. The number of aromatic nitrogens is 3. The van der Waals surface area contributed by atoms with Gasteiger partial charge in [0.2, 0.25) is 0 Å². The van der Waals surface area contributed by atoms with E-state index in [1.165, 1.54) is 0 Å². The lowest BCUT2D eigenvalue weighted by molar-refractivity contribution is 0.276. The predicted octanol–water partition coefficient (Wildman–Crippen LogP) is 4.97. The number of unbranched alkanes of at least 4 members (excludes halogenated alkanes) is 1. The van der Waals surface area contributed by atoms with Gasteiger partial charge in [-0.2, -0.15) is 0 Å². The van der Waals surface area contributed by atoms with Gasteiger partial charge < -0.3 is 14.7 Å². The van der Waals surface area contributed by atoms with Crippen LogP contribution in [0.5, 0.6) is 0 Å². The fourth-order valence-corrected chi connectivity index (χ4v) is 3.99. The number of para-hydroxylation sites is 1. The maximum Gasteiger partial charge on any atom is 0.191 e. The van der Waals surface area contributed by atoms with Gasteiger partial charge >= 0.3 is 0 Å². The number of rotatable bonds is 6. The van der Waals surface area contributed by atoms with E-state index in [1.807, 2.05) is 24.5 Å². The summed E-state index contributed by atoms with van der Waals surface area (Å²) in [6.45, 7) is 13.2. The summed E-state index contributed by atoms with van der Waals surface area (Å²) in [6, 6.07) is 8.10. The van der Waals surface area contributed by atoms with Crippen LogP contribution in [0.1, 0.15) is 33.6 Å². The highest BCUT2D eigenvalue weighted by molar-refractivity contribution is 6.74. The maximum atomic E-state index is 6.27. The van der Waals surface area contributed by atoms with Gasteiger partial charge in [0.25, 0.3) is 0 Å². The fraction of sp³-hybridized carbons (Fsp3) is 0.500. The molecule has 0 aliphatic carbocycles. The molecule has 2 aromatic heterocycles. The first-order chi connectivity index (χ1) is 12.2. The topological polar surface area (TPSA) is 66.0 Å². The van der Waals surface area contributed by atoms with Crippen molar-refractivity contribution in [2.45, 2.75) is 58.3 Å². The Kier molecular flexibility index (Phi) is 5.08. The van der Waals surface area contributed by atoms with Gasteiger partial charge in [-0.25, -0.2) is 9.97 Å². The van der Waals surface area contributed by atoms with Crippen LogP contribution in [0.3, 0.4) is 0 Å². The van der Waals surface area contributed by atoms with E-state index in [4.69, 9.17) is 10.2 Å². The van der Waals surface area contributed by atoms with Crippen molar-refractivity contribution in [2.24, 2.45) is 0 Å². The number of anilines is 1. The van der Waals surface area contributed by atoms with Crippen LogP contribution in [0, 0.1) is 0 Å². The molecule has 3 aromatic rings. The van der Waals surface area contributed by atoms with Crippen LogP contribution in [0.2, 0.25) is 18.1 Å². The van der Waals surface area contributed by atoms with Crippen LogP contribution in [0.4, 0.5) is 5.82 Å². The molecule has 0 atom stereocenters. The molecule has 0 spiro atoms. The van der Waals surface area contributed by atoms with Crippen molar-refractivity contribution < 1.29 is 4.43 Å². The molecule has 2 N–H and O–H groups in total. The number of fused-ring (bicyclic) bond motifs is 3. The second-order valence-electron chi connectivity index (χ2n) is 8.47. The average Bonchev–Trinajstić information content (AvgIpc) is 2.98. The molecule has 140 valence electrons. The molecule has 6 heteroatoms. The Labute approximate surface area is 156 Å². The summed E-state index contributed by atoms with van der Waals surface area (Å²) in [5.74, 6) is 0.499. The Balaban J connectivity index is 1.69. The smallest absolute Gasteiger partial charge is 0.191 e. The van der Waals surface area contributed by atoms with Gasteiger partial charge in [0.05, 0.1) is 17.4 Å². The Morgan fingerprint density at radius 3 is 2.62 bits per heavy atom. The molecule has 0 unspecified atom stereocenters. The highest BCUT2D eigenvalue weighted by atomic mass is 28.4. The van der Waals surface area contributed by atoms with E-state index in [1.54, 1.807) is 0 Å². The lowest BCUT2D eigenvalue weighted by atomic mass is 10.2. The van der Waals surface area contributed by atoms with Crippen LogP contribution in [0.25, 0.3) is 21.9 Å². The van der Waals surface area contributed by atoms with Gasteiger partial charge in [-0.05, 0) is 37.0 Å². The minimum absolute atomic E-state index is 0.261. The first-order valence-corrected chi connectivity index (χ1v) is 12.2. The largest absolute Gasteiger partial charge is 0.417 e. The summed E-state index contributed by atoms with van der Waals surface area (Å²) in [5.41, 5.74) is 8.89. The molecule has 2 heterocycles.